The molecule has 112 valence electrons. The Labute approximate surface area is 126 Å². The van der Waals surface area contributed by atoms with Crippen LogP contribution in [0.3, 0.4) is 0 Å². The van der Waals surface area contributed by atoms with Crippen LogP contribution >= 0.6 is 0 Å². The summed E-state index contributed by atoms with van der Waals surface area (Å²) >= 11 is 0. The lowest BCUT2D eigenvalue weighted by atomic mass is 9.94. The molecule has 2 rings (SSSR count). The second kappa shape index (κ2) is 7.25. The fraction of sp³-hybridized carbons (Fsp3) is 0.333. The number of benzene rings is 2. The first-order chi connectivity index (χ1) is 10.2. The third kappa shape index (κ3) is 3.43. The largest absolute Gasteiger partial charge is 0.496 e. The lowest BCUT2D eigenvalue weighted by Gasteiger charge is -2.28. The van der Waals surface area contributed by atoms with Gasteiger partial charge >= 0.3 is 0 Å². The van der Waals surface area contributed by atoms with Crippen molar-refractivity contribution in [3.8, 4) is 5.75 Å². The van der Waals surface area contributed by atoms with Gasteiger partial charge in [-0.15, -0.1) is 0 Å². The number of aryl methyl sites for hydroxylation is 1. The Hall–Kier alpha value is -1.84. The van der Waals surface area contributed by atoms with Crippen molar-refractivity contribution in [3.05, 3.63) is 65.2 Å². The van der Waals surface area contributed by atoms with Crippen molar-refractivity contribution in [2.75, 3.05) is 21.3 Å². The molecule has 0 aliphatic carbocycles. The van der Waals surface area contributed by atoms with Gasteiger partial charge in [-0.25, -0.2) is 0 Å². The van der Waals surface area contributed by atoms with E-state index in [1.807, 2.05) is 31.3 Å². The van der Waals surface area contributed by atoms with Crippen molar-refractivity contribution >= 4 is 0 Å². The Morgan fingerprint density at radius 1 is 1.00 bits per heavy atom. The van der Waals surface area contributed by atoms with Crippen LogP contribution in [0.2, 0.25) is 0 Å². The van der Waals surface area contributed by atoms with Gasteiger partial charge in [0.1, 0.15) is 11.9 Å². The van der Waals surface area contributed by atoms with Crippen molar-refractivity contribution in [1.82, 2.24) is 5.32 Å². The summed E-state index contributed by atoms with van der Waals surface area (Å²) in [5.41, 5.74) is 3.45. The van der Waals surface area contributed by atoms with Crippen LogP contribution in [-0.2, 0) is 4.74 Å². The molecule has 2 atom stereocenters. The van der Waals surface area contributed by atoms with Gasteiger partial charge in [0, 0.05) is 12.7 Å². The summed E-state index contributed by atoms with van der Waals surface area (Å²) in [6.45, 7) is 2.08. The fourth-order valence-electron chi connectivity index (χ4n) is 2.67. The van der Waals surface area contributed by atoms with Crippen molar-refractivity contribution in [2.45, 2.75) is 19.1 Å². The van der Waals surface area contributed by atoms with Gasteiger partial charge in [-0.1, -0.05) is 48.0 Å². The molecule has 0 aromatic heterocycles. The minimum atomic E-state index is -0.0769. The van der Waals surface area contributed by atoms with Crippen LogP contribution < -0.4 is 10.1 Å². The van der Waals surface area contributed by atoms with Gasteiger partial charge in [0.05, 0.1) is 13.2 Å². The van der Waals surface area contributed by atoms with Gasteiger partial charge in [-0.3, -0.25) is 0 Å². The molecule has 3 nitrogen and oxygen atoms in total. The standard InChI is InChI=1S/C18H23NO2/c1-13-10-11-16(20-3)15(12-13)17(19-2)18(21-4)14-8-6-5-7-9-14/h5-12,17-19H,1-4H3. The molecular weight excluding hydrogens is 262 g/mol. The lowest BCUT2D eigenvalue weighted by Crippen LogP contribution is -2.25. The van der Waals surface area contributed by atoms with E-state index < -0.39 is 0 Å². The highest BCUT2D eigenvalue weighted by Crippen LogP contribution is 2.36. The zero-order chi connectivity index (χ0) is 15.2. The third-order valence-corrected chi connectivity index (χ3v) is 3.72. The fourth-order valence-corrected chi connectivity index (χ4v) is 2.67. The van der Waals surface area contributed by atoms with E-state index in [2.05, 4.69) is 36.5 Å². The normalized spacial score (nSPS) is 13.7. The number of likely N-dealkylation sites (N-methyl/N-ethyl adjacent to an activating group) is 1. The lowest BCUT2D eigenvalue weighted by molar-refractivity contribution is 0.0693. The predicted octanol–water partition coefficient (Wildman–Crippen LogP) is 3.65. The number of hydrogen-bond acceptors (Lipinski definition) is 3. The van der Waals surface area contributed by atoms with E-state index in [0.717, 1.165) is 16.9 Å². The molecule has 0 bridgehead atoms. The third-order valence-electron chi connectivity index (χ3n) is 3.72. The highest BCUT2D eigenvalue weighted by atomic mass is 16.5. The smallest absolute Gasteiger partial charge is 0.123 e. The van der Waals surface area contributed by atoms with Crippen LogP contribution in [0.15, 0.2) is 48.5 Å². The zero-order valence-corrected chi connectivity index (χ0v) is 13.1. The Balaban J connectivity index is 2.45. The second-order valence-electron chi connectivity index (χ2n) is 5.08. The maximum atomic E-state index is 5.77. The molecule has 0 radical (unpaired) electrons. The van der Waals surface area contributed by atoms with Crippen molar-refractivity contribution in [2.24, 2.45) is 0 Å². The van der Waals surface area contributed by atoms with Gasteiger partial charge in [0.2, 0.25) is 0 Å². The molecule has 2 aromatic carbocycles. The Bertz CT molecular complexity index is 569. The van der Waals surface area contributed by atoms with E-state index in [0.29, 0.717) is 0 Å². The first kappa shape index (κ1) is 15.5. The molecule has 0 saturated heterocycles. The van der Waals surface area contributed by atoms with E-state index in [-0.39, 0.29) is 12.1 Å². The van der Waals surface area contributed by atoms with Crippen LogP contribution in [0.4, 0.5) is 0 Å². The molecule has 2 unspecified atom stereocenters. The molecule has 0 aliphatic heterocycles. The number of rotatable bonds is 6. The molecule has 0 heterocycles. The van der Waals surface area contributed by atoms with Crippen LogP contribution in [0.1, 0.15) is 28.8 Å². The molecule has 0 fully saturated rings. The topological polar surface area (TPSA) is 30.5 Å². The molecule has 0 saturated carbocycles. The van der Waals surface area contributed by atoms with E-state index in [1.165, 1.54) is 5.56 Å². The van der Waals surface area contributed by atoms with Gasteiger partial charge in [0.15, 0.2) is 0 Å². The maximum Gasteiger partial charge on any atom is 0.123 e. The summed E-state index contributed by atoms with van der Waals surface area (Å²) in [5.74, 6) is 0.873. The van der Waals surface area contributed by atoms with Crippen LogP contribution in [0, 0.1) is 6.92 Å². The quantitative estimate of drug-likeness (QED) is 0.878. The molecule has 0 aliphatic rings. The molecule has 1 N–H and O–H groups in total. The molecule has 3 heteroatoms. The van der Waals surface area contributed by atoms with Crippen LogP contribution in [-0.4, -0.2) is 21.3 Å². The van der Waals surface area contributed by atoms with E-state index in [1.54, 1.807) is 14.2 Å². The maximum absolute atomic E-state index is 5.77. The van der Waals surface area contributed by atoms with Gasteiger partial charge in [-0.2, -0.15) is 0 Å². The summed E-state index contributed by atoms with van der Waals surface area (Å²) in [5, 5.41) is 3.36. The first-order valence-electron chi connectivity index (χ1n) is 7.10. The van der Waals surface area contributed by atoms with Crippen LogP contribution in [0.25, 0.3) is 0 Å². The first-order valence-corrected chi connectivity index (χ1v) is 7.10. The summed E-state index contributed by atoms with van der Waals surface area (Å²) in [6, 6.07) is 16.5. The SMILES string of the molecule is CNC(c1cc(C)ccc1OC)C(OC)c1ccccc1. The molecule has 21 heavy (non-hydrogen) atoms. The van der Waals surface area contributed by atoms with Crippen molar-refractivity contribution < 1.29 is 9.47 Å². The predicted molar refractivity (Wildman–Crippen MR) is 85.7 cm³/mol. The van der Waals surface area contributed by atoms with E-state index >= 15 is 0 Å². The van der Waals surface area contributed by atoms with E-state index in [9.17, 15) is 0 Å². The minimum absolute atomic E-state index is 0.0206. The van der Waals surface area contributed by atoms with Gasteiger partial charge in [-0.05, 0) is 25.6 Å². The van der Waals surface area contributed by atoms with E-state index in [4.69, 9.17) is 9.47 Å². The summed E-state index contributed by atoms with van der Waals surface area (Å²) in [4.78, 5) is 0. The number of nitrogens with one attached hydrogen (secondary N) is 1. The molecule has 0 spiro atoms. The van der Waals surface area contributed by atoms with Crippen molar-refractivity contribution in [1.29, 1.82) is 0 Å². The summed E-state index contributed by atoms with van der Waals surface area (Å²) in [6.07, 6.45) is -0.0769. The van der Waals surface area contributed by atoms with Gasteiger partial charge < -0.3 is 14.8 Å². The number of ether oxygens (including phenoxy) is 2. The molecule has 2 aromatic rings. The Morgan fingerprint density at radius 3 is 2.29 bits per heavy atom. The average Bonchev–Trinajstić information content (AvgIpc) is 2.53. The summed E-state index contributed by atoms with van der Waals surface area (Å²) in [7, 11) is 5.39. The number of hydrogen-bond donors (Lipinski definition) is 1. The average molecular weight is 285 g/mol. The zero-order valence-electron chi connectivity index (χ0n) is 13.1. The Kier molecular flexibility index (Phi) is 5.37. The second-order valence-corrected chi connectivity index (χ2v) is 5.08. The monoisotopic (exact) mass is 285 g/mol. The number of methoxy groups -OCH3 is 2. The molecular formula is C18H23NO2. The van der Waals surface area contributed by atoms with Gasteiger partial charge in [0.25, 0.3) is 0 Å². The molecule has 0 amide bonds. The summed E-state index contributed by atoms with van der Waals surface area (Å²) < 4.78 is 11.3. The van der Waals surface area contributed by atoms with Crippen LogP contribution in [0.5, 0.6) is 5.75 Å². The highest BCUT2D eigenvalue weighted by molar-refractivity contribution is 5.40. The van der Waals surface area contributed by atoms with Crippen molar-refractivity contribution in [3.63, 3.8) is 0 Å². The highest BCUT2D eigenvalue weighted by Gasteiger charge is 2.26. The Morgan fingerprint density at radius 2 is 1.71 bits per heavy atom. The minimum Gasteiger partial charge on any atom is -0.496 e.